The van der Waals surface area contributed by atoms with E-state index in [1.165, 1.54) is 0 Å². The number of hydrogen-bond acceptors (Lipinski definition) is 4. The van der Waals surface area contributed by atoms with E-state index in [0.717, 1.165) is 36.2 Å². The summed E-state index contributed by atoms with van der Waals surface area (Å²) in [6, 6.07) is 5.94. The van der Waals surface area contributed by atoms with Crippen molar-refractivity contribution in [3.05, 3.63) is 47.9 Å². The molecule has 0 aliphatic carbocycles. The van der Waals surface area contributed by atoms with Gasteiger partial charge in [0.25, 0.3) is 0 Å². The third kappa shape index (κ3) is 4.22. The molecule has 1 aromatic carbocycles. The van der Waals surface area contributed by atoms with Gasteiger partial charge in [-0.2, -0.15) is 0 Å². The van der Waals surface area contributed by atoms with Crippen molar-refractivity contribution in [2.75, 3.05) is 18.4 Å². The highest BCUT2D eigenvalue weighted by Gasteiger charge is 2.25. The average Bonchev–Trinajstić information content (AvgIpc) is 2.55. The average molecular weight is 326 g/mol. The van der Waals surface area contributed by atoms with Crippen LogP contribution < -0.4 is 10.1 Å². The number of piperidine rings is 1. The number of aromatic nitrogens is 2. The molecule has 1 aliphatic heterocycles. The third-order valence-electron chi connectivity index (χ3n) is 3.97. The smallest absolute Gasteiger partial charge is 0.321 e. The summed E-state index contributed by atoms with van der Waals surface area (Å²) in [5.74, 6) is 0.499. The lowest BCUT2D eigenvalue weighted by Crippen LogP contribution is -2.46. The molecule has 126 valence electrons. The summed E-state index contributed by atoms with van der Waals surface area (Å²) in [4.78, 5) is 22.4. The fraction of sp³-hybridized carbons (Fsp3) is 0.389. The molecule has 1 aliphatic rings. The highest BCUT2D eigenvalue weighted by molar-refractivity contribution is 5.89. The van der Waals surface area contributed by atoms with Gasteiger partial charge < -0.3 is 15.0 Å². The molecule has 2 amide bonds. The van der Waals surface area contributed by atoms with E-state index in [1.807, 2.05) is 26.0 Å². The summed E-state index contributed by atoms with van der Waals surface area (Å²) < 4.78 is 5.83. The highest BCUT2D eigenvalue weighted by Crippen LogP contribution is 2.18. The van der Waals surface area contributed by atoms with Gasteiger partial charge in [0.05, 0.1) is 12.7 Å². The molecule has 24 heavy (non-hydrogen) atoms. The van der Waals surface area contributed by atoms with Crippen molar-refractivity contribution in [3.8, 4) is 5.88 Å². The number of amides is 2. The maximum atomic E-state index is 12.5. The lowest BCUT2D eigenvalue weighted by atomic mass is 10.1. The summed E-state index contributed by atoms with van der Waals surface area (Å²) in [6.07, 6.45) is 6.56. The van der Waals surface area contributed by atoms with Crippen molar-refractivity contribution < 1.29 is 9.53 Å². The summed E-state index contributed by atoms with van der Waals surface area (Å²) in [5.41, 5.74) is 3.09. The molecule has 0 saturated carbocycles. The largest absolute Gasteiger partial charge is 0.471 e. The van der Waals surface area contributed by atoms with Gasteiger partial charge in [-0.1, -0.05) is 6.07 Å². The minimum absolute atomic E-state index is 0.0551. The van der Waals surface area contributed by atoms with E-state index in [2.05, 4.69) is 21.4 Å². The Morgan fingerprint density at radius 1 is 1.25 bits per heavy atom. The molecule has 1 aromatic heterocycles. The second kappa shape index (κ2) is 7.29. The molecule has 6 heteroatoms. The minimum Gasteiger partial charge on any atom is -0.471 e. The number of carbonyl (C=O) groups excluding carboxylic acids is 1. The van der Waals surface area contributed by atoms with Crippen molar-refractivity contribution >= 4 is 11.7 Å². The normalized spacial score (nSPS) is 17.4. The van der Waals surface area contributed by atoms with Crippen LogP contribution in [0, 0.1) is 13.8 Å². The monoisotopic (exact) mass is 326 g/mol. The van der Waals surface area contributed by atoms with E-state index >= 15 is 0 Å². The van der Waals surface area contributed by atoms with Gasteiger partial charge in [0, 0.05) is 24.6 Å². The molecule has 1 unspecified atom stereocenters. The van der Waals surface area contributed by atoms with Crippen LogP contribution in [0.4, 0.5) is 10.5 Å². The predicted octanol–water partition coefficient (Wildman–Crippen LogP) is 3.17. The standard InChI is InChI=1S/C18H22N4O2/c1-13-8-14(2)10-15(9-13)21-18(23)22-7-3-4-16(12-22)24-17-11-19-5-6-20-17/h5-6,8-11,16H,3-4,7,12H2,1-2H3,(H,21,23). The fourth-order valence-electron chi connectivity index (χ4n) is 2.99. The van der Waals surface area contributed by atoms with Crippen LogP contribution in [0.3, 0.4) is 0 Å². The van der Waals surface area contributed by atoms with Crippen LogP contribution in [0.2, 0.25) is 0 Å². The molecule has 1 saturated heterocycles. The number of nitrogens with one attached hydrogen (secondary N) is 1. The van der Waals surface area contributed by atoms with Crippen molar-refractivity contribution in [1.29, 1.82) is 0 Å². The first-order valence-electron chi connectivity index (χ1n) is 8.17. The van der Waals surface area contributed by atoms with E-state index in [9.17, 15) is 4.79 Å². The van der Waals surface area contributed by atoms with Crippen LogP contribution in [0.1, 0.15) is 24.0 Å². The lowest BCUT2D eigenvalue weighted by molar-refractivity contribution is 0.102. The number of benzene rings is 1. The number of likely N-dealkylation sites (tertiary alicyclic amines) is 1. The van der Waals surface area contributed by atoms with E-state index in [1.54, 1.807) is 23.5 Å². The van der Waals surface area contributed by atoms with Crippen LogP contribution in [-0.2, 0) is 0 Å². The van der Waals surface area contributed by atoms with Crippen molar-refractivity contribution in [3.63, 3.8) is 0 Å². The SMILES string of the molecule is Cc1cc(C)cc(NC(=O)N2CCCC(Oc3cnccn3)C2)c1. The van der Waals surface area contributed by atoms with Crippen LogP contribution in [-0.4, -0.2) is 40.1 Å². The Balaban J connectivity index is 1.60. The first-order valence-corrected chi connectivity index (χ1v) is 8.17. The quantitative estimate of drug-likeness (QED) is 0.941. The van der Waals surface area contributed by atoms with Gasteiger partial charge in [0.1, 0.15) is 6.10 Å². The molecule has 6 nitrogen and oxygen atoms in total. The third-order valence-corrected chi connectivity index (χ3v) is 3.97. The molecule has 1 fully saturated rings. The Morgan fingerprint density at radius 3 is 2.75 bits per heavy atom. The maximum absolute atomic E-state index is 12.5. The lowest BCUT2D eigenvalue weighted by Gasteiger charge is -2.32. The van der Waals surface area contributed by atoms with Crippen molar-refractivity contribution in [1.82, 2.24) is 14.9 Å². The van der Waals surface area contributed by atoms with Crippen LogP contribution in [0.5, 0.6) is 5.88 Å². The van der Waals surface area contributed by atoms with E-state index in [-0.39, 0.29) is 12.1 Å². The molecule has 3 rings (SSSR count). The Hall–Kier alpha value is -2.63. The number of ether oxygens (including phenoxy) is 1. The molecular weight excluding hydrogens is 304 g/mol. The summed E-state index contributed by atoms with van der Waals surface area (Å²) in [7, 11) is 0. The molecule has 0 bridgehead atoms. The highest BCUT2D eigenvalue weighted by atomic mass is 16.5. The predicted molar refractivity (Wildman–Crippen MR) is 92.2 cm³/mol. The molecule has 0 spiro atoms. The number of carbonyl (C=O) groups is 1. The van der Waals surface area contributed by atoms with Gasteiger partial charge in [-0.15, -0.1) is 0 Å². The number of urea groups is 1. The second-order valence-corrected chi connectivity index (χ2v) is 6.18. The summed E-state index contributed by atoms with van der Waals surface area (Å²) in [5, 5.41) is 2.98. The van der Waals surface area contributed by atoms with Crippen LogP contribution in [0.15, 0.2) is 36.8 Å². The first kappa shape index (κ1) is 16.2. The molecule has 2 aromatic rings. The molecule has 1 N–H and O–H groups in total. The number of aryl methyl sites for hydroxylation is 2. The zero-order valence-corrected chi connectivity index (χ0v) is 14.0. The molecule has 2 heterocycles. The maximum Gasteiger partial charge on any atom is 0.321 e. The van der Waals surface area contributed by atoms with Crippen molar-refractivity contribution in [2.45, 2.75) is 32.8 Å². The van der Waals surface area contributed by atoms with Crippen LogP contribution >= 0.6 is 0 Å². The minimum atomic E-state index is -0.0903. The van der Waals surface area contributed by atoms with E-state index < -0.39 is 0 Å². The van der Waals surface area contributed by atoms with E-state index in [4.69, 9.17) is 4.74 Å². The topological polar surface area (TPSA) is 67.4 Å². The number of anilines is 1. The van der Waals surface area contributed by atoms with Crippen LogP contribution in [0.25, 0.3) is 0 Å². The summed E-state index contributed by atoms with van der Waals surface area (Å²) in [6.45, 7) is 5.33. The Labute approximate surface area is 141 Å². The molecular formula is C18H22N4O2. The zero-order valence-electron chi connectivity index (χ0n) is 14.0. The van der Waals surface area contributed by atoms with E-state index in [0.29, 0.717) is 12.4 Å². The zero-order chi connectivity index (χ0) is 16.9. The van der Waals surface area contributed by atoms with Gasteiger partial charge in [0.2, 0.25) is 5.88 Å². The Morgan fingerprint density at radius 2 is 2.04 bits per heavy atom. The van der Waals surface area contributed by atoms with Gasteiger partial charge in [-0.05, 0) is 49.9 Å². The van der Waals surface area contributed by atoms with Gasteiger partial charge >= 0.3 is 6.03 Å². The fourth-order valence-corrected chi connectivity index (χ4v) is 2.99. The Bertz CT molecular complexity index is 685. The summed E-state index contributed by atoms with van der Waals surface area (Å²) >= 11 is 0. The molecule has 1 atom stereocenters. The first-order chi connectivity index (χ1) is 11.6. The van der Waals surface area contributed by atoms with Gasteiger partial charge in [-0.25, -0.2) is 9.78 Å². The second-order valence-electron chi connectivity index (χ2n) is 6.18. The number of rotatable bonds is 3. The number of hydrogen-bond donors (Lipinski definition) is 1. The van der Waals surface area contributed by atoms with Gasteiger partial charge in [-0.3, -0.25) is 4.98 Å². The van der Waals surface area contributed by atoms with Crippen molar-refractivity contribution in [2.24, 2.45) is 0 Å². The Kier molecular flexibility index (Phi) is 4.93. The van der Waals surface area contributed by atoms with Gasteiger partial charge in [0.15, 0.2) is 0 Å². The molecule has 0 radical (unpaired) electrons. The number of nitrogens with zero attached hydrogens (tertiary/aromatic N) is 3.